The van der Waals surface area contributed by atoms with Gasteiger partial charge in [0.15, 0.2) is 0 Å². The lowest BCUT2D eigenvalue weighted by atomic mass is 10.0. The van der Waals surface area contributed by atoms with E-state index in [0.717, 1.165) is 0 Å². The SMILES string of the molecule is CCOC(=O)Cc1c(C(F)F)ccc(C#N)c1I. The van der Waals surface area contributed by atoms with E-state index in [-0.39, 0.29) is 29.7 Å². The first-order chi connectivity index (χ1) is 8.51. The van der Waals surface area contributed by atoms with Gasteiger partial charge in [0.05, 0.1) is 18.6 Å². The summed E-state index contributed by atoms with van der Waals surface area (Å²) in [6.07, 6.45) is -2.93. The van der Waals surface area contributed by atoms with E-state index in [1.54, 1.807) is 29.5 Å². The van der Waals surface area contributed by atoms with Crippen LogP contribution in [0.1, 0.15) is 30.0 Å². The van der Waals surface area contributed by atoms with Gasteiger partial charge in [-0.05, 0) is 41.1 Å². The summed E-state index contributed by atoms with van der Waals surface area (Å²) in [5.41, 5.74) is 0.217. The molecule has 0 aromatic heterocycles. The van der Waals surface area contributed by atoms with Crippen molar-refractivity contribution >= 4 is 28.6 Å². The molecule has 0 aliphatic carbocycles. The van der Waals surface area contributed by atoms with Crippen LogP contribution in [0, 0.1) is 14.9 Å². The molecule has 0 spiro atoms. The zero-order valence-corrected chi connectivity index (χ0v) is 11.7. The third-order valence-electron chi connectivity index (χ3n) is 2.26. The first-order valence-electron chi connectivity index (χ1n) is 5.16. The van der Waals surface area contributed by atoms with Crippen LogP contribution in [0.2, 0.25) is 0 Å². The maximum Gasteiger partial charge on any atom is 0.310 e. The molecule has 0 fully saturated rings. The Hall–Kier alpha value is -1.23. The number of carbonyl (C=O) groups is 1. The van der Waals surface area contributed by atoms with E-state index >= 15 is 0 Å². The minimum atomic E-state index is -2.68. The molecule has 1 aromatic rings. The predicted octanol–water partition coefficient (Wildman–Crippen LogP) is 3.21. The van der Waals surface area contributed by atoms with Crippen molar-refractivity contribution < 1.29 is 18.3 Å². The molecule has 0 unspecified atom stereocenters. The summed E-state index contributed by atoms with van der Waals surface area (Å²) in [5.74, 6) is -0.576. The quantitative estimate of drug-likeness (QED) is 0.608. The number of hydrogen-bond acceptors (Lipinski definition) is 3. The lowest BCUT2D eigenvalue weighted by molar-refractivity contribution is -0.142. The highest BCUT2D eigenvalue weighted by Crippen LogP contribution is 2.29. The molecule has 3 nitrogen and oxygen atoms in total. The molecule has 0 aliphatic heterocycles. The molecule has 1 rings (SSSR count). The van der Waals surface area contributed by atoms with Gasteiger partial charge in [-0.25, -0.2) is 8.78 Å². The Morgan fingerprint density at radius 3 is 2.72 bits per heavy atom. The maximum absolute atomic E-state index is 12.8. The number of benzene rings is 1. The fraction of sp³-hybridized carbons (Fsp3) is 0.333. The normalized spacial score (nSPS) is 10.2. The van der Waals surface area contributed by atoms with Gasteiger partial charge in [-0.1, -0.05) is 6.07 Å². The number of hydrogen-bond donors (Lipinski definition) is 0. The summed E-state index contributed by atoms with van der Waals surface area (Å²) in [6, 6.07) is 4.41. The van der Waals surface area contributed by atoms with E-state index in [4.69, 9.17) is 10.00 Å². The molecule has 0 saturated carbocycles. The Kier molecular flexibility index (Phi) is 5.47. The smallest absolute Gasteiger partial charge is 0.310 e. The van der Waals surface area contributed by atoms with Gasteiger partial charge >= 0.3 is 5.97 Å². The van der Waals surface area contributed by atoms with Gasteiger partial charge in [0.2, 0.25) is 0 Å². The summed E-state index contributed by atoms with van der Waals surface area (Å²) in [4.78, 5) is 11.4. The highest BCUT2D eigenvalue weighted by molar-refractivity contribution is 14.1. The van der Waals surface area contributed by atoms with E-state index in [0.29, 0.717) is 3.57 Å². The summed E-state index contributed by atoms with van der Waals surface area (Å²) in [5, 5.41) is 8.85. The van der Waals surface area contributed by atoms with E-state index in [1.807, 2.05) is 6.07 Å². The Bertz CT molecular complexity index is 498. The average Bonchev–Trinajstić information content (AvgIpc) is 2.31. The molecule has 0 radical (unpaired) electrons. The van der Waals surface area contributed by atoms with Crippen LogP contribution in [0.25, 0.3) is 0 Å². The van der Waals surface area contributed by atoms with Crippen molar-refractivity contribution in [3.8, 4) is 6.07 Å². The zero-order chi connectivity index (χ0) is 13.7. The van der Waals surface area contributed by atoms with Crippen molar-refractivity contribution in [1.29, 1.82) is 5.26 Å². The second-order valence-corrected chi connectivity index (χ2v) is 4.47. The van der Waals surface area contributed by atoms with Gasteiger partial charge in [0.25, 0.3) is 6.43 Å². The first kappa shape index (κ1) is 14.8. The molecular formula is C12H10F2INO2. The molecule has 6 heteroatoms. The molecule has 0 N–H and O–H groups in total. The van der Waals surface area contributed by atoms with E-state index in [2.05, 4.69) is 0 Å². The number of halogens is 3. The van der Waals surface area contributed by atoms with Gasteiger partial charge < -0.3 is 4.74 Å². The Morgan fingerprint density at radius 2 is 2.22 bits per heavy atom. The third-order valence-corrected chi connectivity index (χ3v) is 3.49. The van der Waals surface area contributed by atoms with Crippen molar-refractivity contribution in [3.05, 3.63) is 32.4 Å². The maximum atomic E-state index is 12.8. The predicted molar refractivity (Wildman–Crippen MR) is 69.2 cm³/mol. The third kappa shape index (κ3) is 3.38. The molecule has 0 atom stereocenters. The van der Waals surface area contributed by atoms with Gasteiger partial charge in [-0.3, -0.25) is 4.79 Å². The average molecular weight is 365 g/mol. The molecule has 96 valence electrons. The molecule has 18 heavy (non-hydrogen) atoms. The van der Waals surface area contributed by atoms with Crippen molar-refractivity contribution in [3.63, 3.8) is 0 Å². The monoisotopic (exact) mass is 365 g/mol. The number of alkyl halides is 2. The topological polar surface area (TPSA) is 50.1 Å². The minimum absolute atomic E-state index is 0.170. The van der Waals surface area contributed by atoms with Crippen LogP contribution in [0.15, 0.2) is 12.1 Å². The van der Waals surface area contributed by atoms with E-state index in [9.17, 15) is 13.6 Å². The number of carbonyl (C=O) groups excluding carboxylic acids is 1. The number of nitrogens with zero attached hydrogens (tertiary/aromatic N) is 1. The molecule has 0 aliphatic rings. The van der Waals surface area contributed by atoms with Crippen molar-refractivity contribution in [2.45, 2.75) is 19.8 Å². The van der Waals surface area contributed by atoms with Crippen molar-refractivity contribution in [2.75, 3.05) is 6.61 Å². The van der Waals surface area contributed by atoms with Crippen LogP contribution >= 0.6 is 22.6 Å². The lowest BCUT2D eigenvalue weighted by Crippen LogP contribution is -2.11. The fourth-order valence-electron chi connectivity index (χ4n) is 1.46. The zero-order valence-electron chi connectivity index (χ0n) is 9.54. The summed E-state index contributed by atoms with van der Waals surface area (Å²) < 4.78 is 30.8. The first-order valence-corrected chi connectivity index (χ1v) is 6.24. The molecule has 0 bridgehead atoms. The van der Waals surface area contributed by atoms with Gasteiger partial charge in [0.1, 0.15) is 6.07 Å². The standard InChI is InChI=1S/C12H10F2INO2/c1-2-18-10(17)5-9-8(12(13)14)4-3-7(6-16)11(9)15/h3-4,12H,2,5H2,1H3. The van der Waals surface area contributed by atoms with Crippen LogP contribution in [-0.2, 0) is 16.0 Å². The van der Waals surface area contributed by atoms with Gasteiger partial charge in [-0.2, -0.15) is 5.26 Å². The second-order valence-electron chi connectivity index (χ2n) is 3.39. The summed E-state index contributed by atoms with van der Waals surface area (Å²) in [7, 11) is 0. The van der Waals surface area contributed by atoms with Crippen LogP contribution in [0.5, 0.6) is 0 Å². The molecule has 0 saturated heterocycles. The molecule has 0 heterocycles. The largest absolute Gasteiger partial charge is 0.466 e. The van der Waals surface area contributed by atoms with Crippen LogP contribution in [0.3, 0.4) is 0 Å². The summed E-state index contributed by atoms with van der Waals surface area (Å²) >= 11 is 1.80. The highest BCUT2D eigenvalue weighted by atomic mass is 127. The lowest BCUT2D eigenvalue weighted by Gasteiger charge is -2.11. The Labute approximate surface area is 117 Å². The van der Waals surface area contributed by atoms with Crippen molar-refractivity contribution in [2.24, 2.45) is 0 Å². The Balaban J connectivity index is 3.20. The molecule has 1 aromatic carbocycles. The Morgan fingerprint density at radius 1 is 1.56 bits per heavy atom. The van der Waals surface area contributed by atoms with Gasteiger partial charge in [-0.15, -0.1) is 0 Å². The number of rotatable bonds is 4. The van der Waals surface area contributed by atoms with E-state index in [1.165, 1.54) is 12.1 Å². The molecular weight excluding hydrogens is 355 g/mol. The van der Waals surface area contributed by atoms with Crippen LogP contribution in [-0.4, -0.2) is 12.6 Å². The fourth-order valence-corrected chi connectivity index (χ4v) is 2.27. The second kappa shape index (κ2) is 6.64. The molecule has 0 amide bonds. The number of esters is 1. The van der Waals surface area contributed by atoms with Crippen molar-refractivity contribution in [1.82, 2.24) is 0 Å². The number of ether oxygens (including phenoxy) is 1. The van der Waals surface area contributed by atoms with Crippen LogP contribution < -0.4 is 0 Å². The van der Waals surface area contributed by atoms with Crippen LogP contribution in [0.4, 0.5) is 8.78 Å². The highest BCUT2D eigenvalue weighted by Gasteiger charge is 2.20. The van der Waals surface area contributed by atoms with E-state index < -0.39 is 12.4 Å². The minimum Gasteiger partial charge on any atom is -0.466 e. The summed E-state index contributed by atoms with van der Waals surface area (Å²) in [6.45, 7) is 1.83. The van der Waals surface area contributed by atoms with Gasteiger partial charge in [0, 0.05) is 9.13 Å². The number of nitriles is 1.